The normalized spacial score (nSPS) is 12.5. The number of Topliss-reactive ketones (excluding diaryl/α,β-unsaturated/α-hetero) is 1. The Morgan fingerprint density at radius 2 is 1.67 bits per heavy atom. The Morgan fingerprint density at radius 1 is 1.03 bits per heavy atom. The van der Waals surface area contributed by atoms with Gasteiger partial charge in [-0.15, -0.1) is 0 Å². The maximum Gasteiger partial charge on any atom is 0.324 e. The summed E-state index contributed by atoms with van der Waals surface area (Å²) in [5.74, 6) is -4.09. The van der Waals surface area contributed by atoms with E-state index < -0.39 is 52.0 Å². The SMILES string of the molecule is COc1ccc(S(=O)(=O)NC(C(=O)OCC(=O)c2ccc(F)c(F)c2)C(C)C)cc1. The Hall–Kier alpha value is -2.85. The predicted molar refractivity (Wildman–Crippen MR) is 104 cm³/mol. The molecule has 162 valence electrons. The second-order valence-corrected chi connectivity index (χ2v) is 8.39. The van der Waals surface area contributed by atoms with Crippen LogP contribution in [0.3, 0.4) is 0 Å². The highest BCUT2D eigenvalue weighted by molar-refractivity contribution is 7.89. The molecule has 0 fully saturated rings. The summed E-state index contributed by atoms with van der Waals surface area (Å²) in [4.78, 5) is 24.4. The van der Waals surface area contributed by atoms with Gasteiger partial charge < -0.3 is 9.47 Å². The minimum absolute atomic E-state index is 0.0837. The molecule has 2 aromatic carbocycles. The predicted octanol–water partition coefficient (Wildman–Crippen LogP) is 2.70. The number of hydrogen-bond donors (Lipinski definition) is 1. The van der Waals surface area contributed by atoms with Gasteiger partial charge >= 0.3 is 5.97 Å². The van der Waals surface area contributed by atoms with E-state index in [0.29, 0.717) is 11.8 Å². The van der Waals surface area contributed by atoms with Crippen molar-refractivity contribution in [1.82, 2.24) is 4.72 Å². The van der Waals surface area contributed by atoms with Crippen molar-refractivity contribution in [2.24, 2.45) is 5.92 Å². The van der Waals surface area contributed by atoms with Gasteiger partial charge in [-0.1, -0.05) is 13.8 Å². The number of sulfonamides is 1. The zero-order valence-corrected chi connectivity index (χ0v) is 17.3. The smallest absolute Gasteiger partial charge is 0.324 e. The lowest BCUT2D eigenvalue weighted by molar-refractivity contribution is -0.145. The summed E-state index contributed by atoms with van der Waals surface area (Å²) in [6.07, 6.45) is 0. The fraction of sp³-hybridized carbons (Fsp3) is 0.300. The Balaban J connectivity index is 2.08. The van der Waals surface area contributed by atoms with E-state index in [4.69, 9.17) is 9.47 Å². The van der Waals surface area contributed by atoms with Crippen molar-refractivity contribution in [3.8, 4) is 5.75 Å². The van der Waals surface area contributed by atoms with E-state index >= 15 is 0 Å². The number of halogens is 2. The third kappa shape index (κ3) is 5.83. The molecule has 2 rings (SSSR count). The topological polar surface area (TPSA) is 98.8 Å². The number of benzene rings is 2. The standard InChI is InChI=1S/C20H21F2NO6S/c1-12(2)19(23-30(26,27)15-7-5-14(28-3)6-8-15)20(25)29-11-18(24)13-4-9-16(21)17(22)10-13/h4-10,12,19,23H,11H2,1-3H3. The number of ketones is 1. The molecule has 0 amide bonds. The van der Waals surface area contributed by atoms with Gasteiger partial charge in [0, 0.05) is 5.56 Å². The fourth-order valence-corrected chi connectivity index (χ4v) is 3.76. The highest BCUT2D eigenvalue weighted by Crippen LogP contribution is 2.17. The molecule has 1 unspecified atom stereocenters. The summed E-state index contributed by atoms with van der Waals surface area (Å²) < 4.78 is 63.5. The molecule has 30 heavy (non-hydrogen) atoms. The average Bonchev–Trinajstić information content (AvgIpc) is 2.71. The number of nitrogens with one attached hydrogen (secondary N) is 1. The molecule has 10 heteroatoms. The molecule has 0 spiro atoms. The van der Waals surface area contributed by atoms with E-state index in [0.717, 1.165) is 12.1 Å². The number of carbonyl (C=O) groups is 2. The van der Waals surface area contributed by atoms with Crippen LogP contribution in [0.15, 0.2) is 47.4 Å². The largest absolute Gasteiger partial charge is 0.497 e. The molecule has 0 saturated heterocycles. The van der Waals surface area contributed by atoms with Crippen LogP contribution in [0.2, 0.25) is 0 Å². The zero-order chi connectivity index (χ0) is 22.5. The fourth-order valence-electron chi connectivity index (χ4n) is 2.43. The number of methoxy groups -OCH3 is 1. The zero-order valence-electron chi connectivity index (χ0n) is 16.5. The molecule has 2 aromatic rings. The van der Waals surface area contributed by atoms with Gasteiger partial charge in [0.25, 0.3) is 0 Å². The third-order valence-electron chi connectivity index (χ3n) is 4.16. The monoisotopic (exact) mass is 441 g/mol. The quantitative estimate of drug-likeness (QED) is 0.475. The van der Waals surface area contributed by atoms with Crippen LogP contribution >= 0.6 is 0 Å². The van der Waals surface area contributed by atoms with Crippen molar-refractivity contribution in [3.63, 3.8) is 0 Å². The number of hydrogen-bond acceptors (Lipinski definition) is 6. The third-order valence-corrected chi connectivity index (χ3v) is 5.62. The first-order chi connectivity index (χ1) is 14.0. The van der Waals surface area contributed by atoms with E-state index in [2.05, 4.69) is 4.72 Å². The molecular weight excluding hydrogens is 420 g/mol. The van der Waals surface area contributed by atoms with Crippen LogP contribution in [-0.2, 0) is 19.6 Å². The van der Waals surface area contributed by atoms with Gasteiger partial charge in [0.2, 0.25) is 10.0 Å². The van der Waals surface area contributed by atoms with Crippen LogP contribution in [0.5, 0.6) is 5.75 Å². The molecule has 0 bridgehead atoms. The lowest BCUT2D eigenvalue weighted by Crippen LogP contribution is -2.45. The van der Waals surface area contributed by atoms with Gasteiger partial charge in [-0.2, -0.15) is 4.72 Å². The minimum atomic E-state index is -4.06. The number of carbonyl (C=O) groups excluding carboxylic acids is 2. The first kappa shape index (κ1) is 23.4. The van der Waals surface area contributed by atoms with E-state index in [-0.39, 0.29) is 10.5 Å². The Labute approximate surface area is 173 Å². The molecule has 0 aliphatic rings. The Kier molecular flexibility index (Phi) is 7.63. The van der Waals surface area contributed by atoms with Crippen molar-refractivity contribution in [2.45, 2.75) is 24.8 Å². The van der Waals surface area contributed by atoms with Gasteiger partial charge in [0.15, 0.2) is 24.0 Å². The first-order valence-corrected chi connectivity index (χ1v) is 10.3. The maximum absolute atomic E-state index is 13.2. The molecule has 1 N–H and O–H groups in total. The molecule has 0 aliphatic carbocycles. The summed E-state index contributed by atoms with van der Waals surface area (Å²) in [5, 5.41) is 0. The van der Waals surface area contributed by atoms with Crippen molar-refractivity contribution >= 4 is 21.8 Å². The average molecular weight is 441 g/mol. The Bertz CT molecular complexity index is 1020. The Morgan fingerprint density at radius 3 is 2.20 bits per heavy atom. The van der Waals surface area contributed by atoms with E-state index in [1.54, 1.807) is 13.8 Å². The molecule has 1 atom stereocenters. The molecule has 7 nitrogen and oxygen atoms in total. The van der Waals surface area contributed by atoms with Crippen LogP contribution in [0.1, 0.15) is 24.2 Å². The highest BCUT2D eigenvalue weighted by Gasteiger charge is 2.30. The first-order valence-electron chi connectivity index (χ1n) is 8.86. The van der Waals surface area contributed by atoms with Crippen LogP contribution < -0.4 is 9.46 Å². The lowest BCUT2D eigenvalue weighted by Gasteiger charge is -2.20. The summed E-state index contributed by atoms with van der Waals surface area (Å²) >= 11 is 0. The van der Waals surface area contributed by atoms with E-state index in [1.807, 2.05) is 0 Å². The van der Waals surface area contributed by atoms with E-state index in [9.17, 15) is 26.8 Å². The second kappa shape index (κ2) is 9.77. The van der Waals surface area contributed by atoms with Crippen LogP contribution in [-0.4, -0.2) is 39.9 Å². The minimum Gasteiger partial charge on any atom is -0.497 e. The highest BCUT2D eigenvalue weighted by atomic mass is 32.2. The molecule has 0 saturated carbocycles. The van der Waals surface area contributed by atoms with Crippen molar-refractivity contribution in [1.29, 1.82) is 0 Å². The molecule has 0 heterocycles. The molecule has 0 radical (unpaired) electrons. The van der Waals surface area contributed by atoms with Crippen molar-refractivity contribution in [2.75, 3.05) is 13.7 Å². The summed E-state index contributed by atoms with van der Waals surface area (Å²) in [7, 11) is -2.62. The van der Waals surface area contributed by atoms with Crippen LogP contribution in [0.4, 0.5) is 8.78 Å². The number of esters is 1. The van der Waals surface area contributed by atoms with Crippen LogP contribution in [0, 0.1) is 17.6 Å². The molecular formula is C20H21F2NO6S. The van der Waals surface area contributed by atoms with Crippen molar-refractivity contribution < 1.29 is 36.3 Å². The van der Waals surface area contributed by atoms with Gasteiger partial charge in [-0.25, -0.2) is 17.2 Å². The van der Waals surface area contributed by atoms with E-state index in [1.165, 1.54) is 31.4 Å². The van der Waals surface area contributed by atoms with Gasteiger partial charge in [-0.3, -0.25) is 9.59 Å². The van der Waals surface area contributed by atoms with Crippen LogP contribution in [0.25, 0.3) is 0 Å². The maximum atomic E-state index is 13.2. The summed E-state index contributed by atoms with van der Waals surface area (Å²) in [5.41, 5.74) is -0.179. The molecule has 0 aromatic heterocycles. The lowest BCUT2D eigenvalue weighted by atomic mass is 10.1. The van der Waals surface area contributed by atoms with Crippen molar-refractivity contribution in [3.05, 3.63) is 59.7 Å². The second-order valence-electron chi connectivity index (χ2n) is 6.68. The summed E-state index contributed by atoms with van der Waals surface area (Å²) in [6, 6.07) is 6.81. The van der Waals surface area contributed by atoms with Gasteiger partial charge in [-0.05, 0) is 48.4 Å². The van der Waals surface area contributed by atoms with Gasteiger partial charge in [0.05, 0.1) is 12.0 Å². The summed E-state index contributed by atoms with van der Waals surface area (Å²) in [6.45, 7) is 2.44. The molecule has 0 aliphatic heterocycles. The number of ether oxygens (including phenoxy) is 2. The van der Waals surface area contributed by atoms with Gasteiger partial charge in [0.1, 0.15) is 11.8 Å². The number of rotatable bonds is 9.